The van der Waals surface area contributed by atoms with Crippen LogP contribution in [0.5, 0.6) is 5.75 Å². The minimum atomic E-state index is -2.97. The van der Waals surface area contributed by atoms with Crippen molar-refractivity contribution in [1.29, 1.82) is 0 Å². The summed E-state index contributed by atoms with van der Waals surface area (Å²) in [5, 5.41) is 0. The molecule has 1 heterocycles. The number of para-hydroxylation sites is 1. The molecule has 0 saturated heterocycles. The van der Waals surface area contributed by atoms with Gasteiger partial charge in [0.1, 0.15) is 5.75 Å². The number of fused-ring (bicyclic) bond motifs is 1. The summed E-state index contributed by atoms with van der Waals surface area (Å²) in [6.45, 7) is 0.487. The summed E-state index contributed by atoms with van der Waals surface area (Å²) in [5.74, 6) is -0.817. The maximum absolute atomic E-state index is 12.3. The van der Waals surface area contributed by atoms with Crippen molar-refractivity contribution in [3.05, 3.63) is 29.3 Å². The number of aryl methyl sites for hydroxylation is 1. The van der Waals surface area contributed by atoms with Crippen LogP contribution in [0.3, 0.4) is 0 Å². The van der Waals surface area contributed by atoms with E-state index in [0.29, 0.717) is 12.4 Å². The predicted octanol–water partition coefficient (Wildman–Crippen LogP) is 2.46. The normalized spacial score (nSPS) is 14.6. The van der Waals surface area contributed by atoms with Crippen molar-refractivity contribution >= 4 is 5.78 Å². The molecule has 0 amide bonds. The molecule has 1 aliphatic heterocycles. The van der Waals surface area contributed by atoms with Gasteiger partial charge in [-0.25, -0.2) is 8.78 Å². The Hall–Kier alpha value is -1.45. The summed E-state index contributed by atoms with van der Waals surface area (Å²) in [5.41, 5.74) is 0.843. The van der Waals surface area contributed by atoms with Gasteiger partial charge in [0.25, 0.3) is 0 Å². The third kappa shape index (κ3) is 1.84. The number of rotatable bonds is 2. The van der Waals surface area contributed by atoms with Gasteiger partial charge in [-0.2, -0.15) is 0 Å². The van der Waals surface area contributed by atoms with Crippen LogP contribution in [0.1, 0.15) is 22.3 Å². The average Bonchev–Trinajstić information content (AvgIpc) is 2.27. The second-order valence-electron chi connectivity index (χ2n) is 3.41. The monoisotopic (exact) mass is 212 g/mol. The quantitative estimate of drug-likeness (QED) is 0.704. The highest BCUT2D eigenvalue weighted by atomic mass is 19.3. The minimum Gasteiger partial charge on any atom is -0.493 e. The molecule has 0 unspecified atom stereocenters. The van der Waals surface area contributed by atoms with Crippen molar-refractivity contribution in [2.24, 2.45) is 0 Å². The van der Waals surface area contributed by atoms with Crippen LogP contribution in [-0.4, -0.2) is 18.8 Å². The smallest absolute Gasteiger partial charge is 0.300 e. The number of benzene rings is 1. The number of ketones is 1. The van der Waals surface area contributed by atoms with Crippen molar-refractivity contribution in [2.45, 2.75) is 19.3 Å². The summed E-state index contributed by atoms with van der Waals surface area (Å²) < 4.78 is 29.8. The van der Waals surface area contributed by atoms with Gasteiger partial charge in [0.15, 0.2) is 0 Å². The van der Waals surface area contributed by atoms with Gasteiger partial charge in [0.05, 0.1) is 12.2 Å². The lowest BCUT2D eigenvalue weighted by Gasteiger charge is -2.19. The molecule has 0 aromatic heterocycles. The molecule has 0 N–H and O–H groups in total. The molecule has 2 rings (SSSR count). The largest absolute Gasteiger partial charge is 0.493 e. The first-order valence-electron chi connectivity index (χ1n) is 4.77. The van der Waals surface area contributed by atoms with E-state index in [4.69, 9.17) is 4.74 Å². The zero-order valence-corrected chi connectivity index (χ0v) is 8.00. The lowest BCUT2D eigenvalue weighted by molar-refractivity contribution is 0.0673. The minimum absolute atomic E-state index is 0.00204. The maximum Gasteiger partial charge on any atom is 0.300 e. The third-order valence-corrected chi connectivity index (χ3v) is 2.40. The Kier molecular flexibility index (Phi) is 2.66. The number of carbonyl (C=O) groups excluding carboxylic acids is 1. The lowest BCUT2D eigenvalue weighted by Crippen LogP contribution is -2.16. The highest BCUT2D eigenvalue weighted by Gasteiger charge is 2.24. The molecule has 1 aliphatic rings. The molecule has 1 aromatic rings. The van der Waals surface area contributed by atoms with Crippen LogP contribution in [0.25, 0.3) is 0 Å². The van der Waals surface area contributed by atoms with Crippen molar-refractivity contribution in [3.8, 4) is 5.75 Å². The summed E-state index contributed by atoms with van der Waals surface area (Å²) in [7, 11) is 0. The van der Waals surface area contributed by atoms with Crippen LogP contribution >= 0.6 is 0 Å². The van der Waals surface area contributed by atoms with Crippen molar-refractivity contribution in [2.75, 3.05) is 6.61 Å². The zero-order valence-electron chi connectivity index (χ0n) is 8.00. The Balaban J connectivity index is 2.43. The van der Waals surface area contributed by atoms with E-state index in [1.54, 1.807) is 12.1 Å². The van der Waals surface area contributed by atoms with E-state index in [1.165, 1.54) is 6.07 Å². The van der Waals surface area contributed by atoms with Gasteiger partial charge in [-0.1, -0.05) is 12.1 Å². The van der Waals surface area contributed by atoms with Crippen LogP contribution in [-0.2, 0) is 6.42 Å². The van der Waals surface area contributed by atoms with Gasteiger partial charge >= 0.3 is 6.43 Å². The summed E-state index contributed by atoms with van der Waals surface area (Å²) in [6, 6.07) is 4.80. The molecule has 80 valence electrons. The maximum atomic E-state index is 12.3. The van der Waals surface area contributed by atoms with Crippen LogP contribution < -0.4 is 4.74 Å². The van der Waals surface area contributed by atoms with Gasteiger partial charge in [-0.05, 0) is 24.5 Å². The predicted molar refractivity (Wildman–Crippen MR) is 50.6 cm³/mol. The van der Waals surface area contributed by atoms with Gasteiger partial charge in [0, 0.05) is 0 Å². The second-order valence-corrected chi connectivity index (χ2v) is 3.41. The van der Waals surface area contributed by atoms with E-state index in [1.807, 2.05) is 0 Å². The lowest BCUT2D eigenvalue weighted by atomic mass is 10.0. The molecule has 15 heavy (non-hydrogen) atoms. The molecule has 0 fully saturated rings. The highest BCUT2D eigenvalue weighted by Crippen LogP contribution is 2.30. The number of hydrogen-bond donors (Lipinski definition) is 0. The van der Waals surface area contributed by atoms with E-state index < -0.39 is 12.2 Å². The average molecular weight is 212 g/mol. The van der Waals surface area contributed by atoms with Crippen LogP contribution in [0.2, 0.25) is 0 Å². The van der Waals surface area contributed by atoms with Gasteiger partial charge in [-0.15, -0.1) is 0 Å². The van der Waals surface area contributed by atoms with Gasteiger partial charge in [-0.3, -0.25) is 4.79 Å². The molecular weight excluding hydrogens is 202 g/mol. The summed E-state index contributed by atoms with van der Waals surface area (Å²) >= 11 is 0. The van der Waals surface area contributed by atoms with Crippen LogP contribution in [0, 0.1) is 0 Å². The third-order valence-electron chi connectivity index (χ3n) is 2.40. The SMILES string of the molecule is O=C(c1cccc2c1OCCC2)C(F)F. The number of halogens is 2. The first-order chi connectivity index (χ1) is 7.20. The number of carbonyl (C=O) groups is 1. The first kappa shape index (κ1) is 10.1. The van der Waals surface area contributed by atoms with E-state index in [0.717, 1.165) is 18.4 Å². The molecule has 0 radical (unpaired) electrons. The molecule has 0 aliphatic carbocycles. The van der Waals surface area contributed by atoms with Gasteiger partial charge in [0.2, 0.25) is 5.78 Å². The Labute approximate surface area is 85.9 Å². The zero-order chi connectivity index (χ0) is 10.8. The Bertz CT molecular complexity index is 388. The molecule has 0 spiro atoms. The standard InChI is InChI=1S/C11H10F2O2/c12-11(13)9(14)8-5-1-3-7-4-2-6-15-10(7)8/h1,3,5,11H,2,4,6H2. The fourth-order valence-electron chi connectivity index (χ4n) is 1.70. The number of alkyl halides is 2. The van der Waals surface area contributed by atoms with E-state index in [2.05, 4.69) is 0 Å². The Morgan fingerprint density at radius 3 is 2.93 bits per heavy atom. The van der Waals surface area contributed by atoms with E-state index >= 15 is 0 Å². The Morgan fingerprint density at radius 1 is 1.40 bits per heavy atom. The molecule has 4 heteroatoms. The number of hydrogen-bond acceptors (Lipinski definition) is 2. The Morgan fingerprint density at radius 2 is 2.20 bits per heavy atom. The van der Waals surface area contributed by atoms with Crippen LogP contribution in [0.15, 0.2) is 18.2 Å². The molecular formula is C11H10F2O2. The number of ether oxygens (including phenoxy) is 1. The highest BCUT2D eigenvalue weighted by molar-refractivity contribution is 6.01. The first-order valence-corrected chi connectivity index (χ1v) is 4.77. The molecule has 1 aromatic carbocycles. The van der Waals surface area contributed by atoms with E-state index in [9.17, 15) is 13.6 Å². The van der Waals surface area contributed by atoms with Crippen LogP contribution in [0.4, 0.5) is 8.78 Å². The molecule has 2 nitrogen and oxygen atoms in total. The summed E-state index contributed by atoms with van der Waals surface area (Å²) in [4.78, 5) is 11.2. The van der Waals surface area contributed by atoms with Gasteiger partial charge < -0.3 is 4.74 Å². The fraction of sp³-hybridized carbons (Fsp3) is 0.364. The fourth-order valence-corrected chi connectivity index (χ4v) is 1.70. The molecule has 0 atom stereocenters. The van der Waals surface area contributed by atoms with E-state index in [-0.39, 0.29) is 5.56 Å². The number of Topliss-reactive ketones (excluding diaryl/α,β-unsaturated/α-hetero) is 1. The molecule has 0 saturated carbocycles. The van der Waals surface area contributed by atoms with Crippen molar-refractivity contribution in [1.82, 2.24) is 0 Å². The van der Waals surface area contributed by atoms with Crippen molar-refractivity contribution < 1.29 is 18.3 Å². The summed E-state index contributed by atoms with van der Waals surface area (Å²) in [6.07, 6.45) is -1.33. The molecule has 0 bridgehead atoms. The van der Waals surface area contributed by atoms with Crippen molar-refractivity contribution in [3.63, 3.8) is 0 Å². The topological polar surface area (TPSA) is 26.3 Å². The second kappa shape index (κ2) is 3.96.